The summed E-state index contributed by atoms with van der Waals surface area (Å²) in [6.07, 6.45) is 1.53. The first-order chi connectivity index (χ1) is 15.0. The number of nitrogens with zero attached hydrogens (tertiary/aromatic N) is 4. The van der Waals surface area contributed by atoms with Crippen LogP contribution in [-0.4, -0.2) is 25.8 Å². The van der Waals surface area contributed by atoms with E-state index in [1.807, 2.05) is 12.1 Å². The Balaban J connectivity index is 1.42. The van der Waals surface area contributed by atoms with E-state index in [1.165, 1.54) is 6.33 Å². The zero-order chi connectivity index (χ0) is 21.8. The van der Waals surface area contributed by atoms with Crippen LogP contribution in [0.25, 0.3) is 0 Å². The smallest absolute Gasteiger partial charge is 0.280 e. The molecule has 0 radical (unpaired) electrons. The number of hydrogen-bond donors (Lipinski definition) is 1. The van der Waals surface area contributed by atoms with Crippen LogP contribution in [0.1, 0.15) is 27.4 Å². The van der Waals surface area contributed by atoms with Crippen LogP contribution in [-0.2, 0) is 13.2 Å². The fraction of sp³-hybridized carbons (Fsp3) is 0.143. The van der Waals surface area contributed by atoms with Gasteiger partial charge < -0.3 is 9.26 Å². The lowest BCUT2D eigenvalue weighted by atomic mass is 10.2. The van der Waals surface area contributed by atoms with E-state index in [4.69, 9.17) is 32.5 Å². The Kier molecular flexibility index (Phi) is 6.20. The summed E-state index contributed by atoms with van der Waals surface area (Å²) in [5.74, 6) is 0.711. The Morgan fingerprint density at radius 3 is 2.74 bits per heavy atom. The Morgan fingerprint density at radius 1 is 1.16 bits per heavy atom. The monoisotopic (exact) mass is 457 g/mol. The molecule has 0 saturated heterocycles. The Labute approximate surface area is 187 Å². The molecule has 2 aromatic carbocycles. The zero-order valence-electron chi connectivity index (χ0n) is 16.4. The van der Waals surface area contributed by atoms with Gasteiger partial charge in [0.1, 0.15) is 24.4 Å². The van der Waals surface area contributed by atoms with Crippen molar-refractivity contribution >= 4 is 35.1 Å². The number of carbonyl (C=O) groups excluding carboxylic acids is 1. The molecular formula is C21H17Cl2N5O3. The highest BCUT2D eigenvalue weighted by Gasteiger charge is 2.21. The van der Waals surface area contributed by atoms with Crippen LogP contribution >= 0.6 is 23.2 Å². The van der Waals surface area contributed by atoms with E-state index in [-0.39, 0.29) is 18.2 Å². The van der Waals surface area contributed by atoms with Crippen molar-refractivity contribution in [3.8, 4) is 5.75 Å². The largest absolute Gasteiger partial charge is 0.489 e. The van der Waals surface area contributed by atoms with Crippen molar-refractivity contribution in [2.75, 3.05) is 5.32 Å². The molecule has 0 atom stereocenters. The van der Waals surface area contributed by atoms with Crippen molar-refractivity contribution in [1.29, 1.82) is 0 Å². The number of anilines is 1. The first-order valence-electron chi connectivity index (χ1n) is 9.26. The number of ether oxygens (including phenoxy) is 1. The van der Waals surface area contributed by atoms with Crippen molar-refractivity contribution in [3.63, 3.8) is 0 Å². The van der Waals surface area contributed by atoms with Crippen LogP contribution in [0.3, 0.4) is 0 Å². The third-order valence-electron chi connectivity index (χ3n) is 4.40. The number of rotatable bonds is 7. The van der Waals surface area contributed by atoms with Crippen LogP contribution in [0.15, 0.2) is 59.4 Å². The van der Waals surface area contributed by atoms with Crippen LogP contribution in [0.4, 0.5) is 5.95 Å². The molecule has 0 aliphatic carbocycles. The first kappa shape index (κ1) is 20.9. The van der Waals surface area contributed by atoms with Crippen molar-refractivity contribution < 1.29 is 14.1 Å². The summed E-state index contributed by atoms with van der Waals surface area (Å²) in [4.78, 5) is 16.8. The van der Waals surface area contributed by atoms with Crippen LogP contribution in [0.5, 0.6) is 5.75 Å². The predicted molar refractivity (Wildman–Crippen MR) is 116 cm³/mol. The molecule has 0 spiro atoms. The maximum Gasteiger partial charge on any atom is 0.280 e. The van der Waals surface area contributed by atoms with E-state index in [9.17, 15) is 4.79 Å². The topological polar surface area (TPSA) is 95.1 Å². The lowest BCUT2D eigenvalue weighted by molar-refractivity contribution is 0.101. The molecule has 2 heterocycles. The maximum atomic E-state index is 12.7. The molecule has 10 heteroatoms. The summed E-state index contributed by atoms with van der Waals surface area (Å²) < 4.78 is 12.5. The highest BCUT2D eigenvalue weighted by molar-refractivity contribution is 6.30. The van der Waals surface area contributed by atoms with E-state index < -0.39 is 5.91 Å². The molecule has 0 unspecified atom stereocenters. The van der Waals surface area contributed by atoms with Gasteiger partial charge in [0.25, 0.3) is 5.91 Å². The molecule has 0 aliphatic heterocycles. The molecular weight excluding hydrogens is 441 g/mol. The minimum atomic E-state index is -0.495. The van der Waals surface area contributed by atoms with Gasteiger partial charge in [-0.2, -0.15) is 0 Å². The number of carbonyl (C=O) groups is 1. The number of amides is 1. The third kappa shape index (κ3) is 5.22. The zero-order valence-corrected chi connectivity index (χ0v) is 17.9. The maximum absolute atomic E-state index is 12.7. The fourth-order valence-corrected chi connectivity index (χ4v) is 3.12. The lowest BCUT2D eigenvalue weighted by Crippen LogP contribution is -2.16. The molecule has 158 valence electrons. The van der Waals surface area contributed by atoms with Gasteiger partial charge >= 0.3 is 0 Å². The number of aromatic nitrogens is 4. The molecule has 0 bridgehead atoms. The van der Waals surface area contributed by atoms with Gasteiger partial charge in [-0.05, 0) is 42.8 Å². The standard InChI is InChI=1S/C21H17Cl2N5O3/c1-13-18(11-30-17-4-2-3-16(23)9-17)19(27-31-13)20(29)25-21-24-12-28(26-21)10-14-5-7-15(22)8-6-14/h2-9,12H,10-11H2,1H3,(H,25,26,29). The minimum Gasteiger partial charge on any atom is -0.489 e. The number of nitrogens with one attached hydrogen (secondary N) is 1. The Bertz CT molecular complexity index is 1200. The van der Waals surface area contributed by atoms with Gasteiger partial charge in [-0.1, -0.05) is 46.6 Å². The fourth-order valence-electron chi connectivity index (χ4n) is 2.82. The Morgan fingerprint density at radius 2 is 1.97 bits per heavy atom. The Hall–Kier alpha value is -3.36. The second-order valence-electron chi connectivity index (χ2n) is 6.66. The molecule has 4 aromatic rings. The van der Waals surface area contributed by atoms with Crippen LogP contribution in [0, 0.1) is 6.92 Å². The number of halogens is 2. The molecule has 8 nitrogen and oxygen atoms in total. The molecule has 0 fully saturated rings. The van der Waals surface area contributed by atoms with Gasteiger partial charge in [0, 0.05) is 10.0 Å². The highest BCUT2D eigenvalue weighted by Crippen LogP contribution is 2.21. The number of benzene rings is 2. The molecule has 0 aliphatic rings. The molecule has 0 saturated carbocycles. The predicted octanol–water partition coefficient (Wildman–Crippen LogP) is 4.76. The second kappa shape index (κ2) is 9.20. The quantitative estimate of drug-likeness (QED) is 0.429. The van der Waals surface area contributed by atoms with Gasteiger partial charge in [-0.15, -0.1) is 5.10 Å². The summed E-state index contributed by atoms with van der Waals surface area (Å²) in [5, 5.41) is 12.0. The van der Waals surface area contributed by atoms with E-state index in [2.05, 4.69) is 20.6 Å². The molecule has 1 N–H and O–H groups in total. The van der Waals surface area contributed by atoms with E-state index in [0.29, 0.717) is 33.7 Å². The first-order valence-corrected chi connectivity index (χ1v) is 10.0. The van der Waals surface area contributed by atoms with E-state index in [1.54, 1.807) is 48.0 Å². The molecule has 4 rings (SSSR count). The molecule has 2 aromatic heterocycles. The summed E-state index contributed by atoms with van der Waals surface area (Å²) in [7, 11) is 0. The summed E-state index contributed by atoms with van der Waals surface area (Å²) in [6, 6.07) is 14.4. The summed E-state index contributed by atoms with van der Waals surface area (Å²) in [5.41, 5.74) is 1.63. The van der Waals surface area contributed by atoms with E-state index in [0.717, 1.165) is 5.56 Å². The van der Waals surface area contributed by atoms with Gasteiger partial charge in [0.2, 0.25) is 5.95 Å². The van der Waals surface area contributed by atoms with Crippen molar-refractivity contribution in [3.05, 3.63) is 87.5 Å². The summed E-state index contributed by atoms with van der Waals surface area (Å²) in [6.45, 7) is 2.29. The van der Waals surface area contributed by atoms with Crippen LogP contribution in [0.2, 0.25) is 10.0 Å². The lowest BCUT2D eigenvalue weighted by Gasteiger charge is -2.06. The third-order valence-corrected chi connectivity index (χ3v) is 4.89. The summed E-state index contributed by atoms with van der Waals surface area (Å²) >= 11 is 11.9. The molecule has 31 heavy (non-hydrogen) atoms. The van der Waals surface area contributed by atoms with Gasteiger partial charge in [-0.25, -0.2) is 9.67 Å². The normalized spacial score (nSPS) is 10.8. The van der Waals surface area contributed by atoms with Gasteiger partial charge in [0.15, 0.2) is 5.69 Å². The second-order valence-corrected chi connectivity index (χ2v) is 7.53. The minimum absolute atomic E-state index is 0.0941. The average molecular weight is 458 g/mol. The SMILES string of the molecule is Cc1onc(C(=O)Nc2ncn(Cc3ccc(Cl)cc3)n2)c1COc1cccc(Cl)c1. The van der Waals surface area contributed by atoms with Crippen molar-refractivity contribution in [2.24, 2.45) is 0 Å². The van der Waals surface area contributed by atoms with Crippen molar-refractivity contribution in [1.82, 2.24) is 19.9 Å². The highest BCUT2D eigenvalue weighted by atomic mass is 35.5. The van der Waals surface area contributed by atoms with Crippen molar-refractivity contribution in [2.45, 2.75) is 20.1 Å². The van der Waals surface area contributed by atoms with Crippen LogP contribution < -0.4 is 10.1 Å². The van der Waals surface area contributed by atoms with Gasteiger partial charge in [0.05, 0.1) is 12.1 Å². The number of hydrogen-bond acceptors (Lipinski definition) is 6. The number of aryl methyl sites for hydroxylation is 1. The van der Waals surface area contributed by atoms with Gasteiger partial charge in [-0.3, -0.25) is 10.1 Å². The average Bonchev–Trinajstić information content (AvgIpc) is 3.34. The van der Waals surface area contributed by atoms with E-state index >= 15 is 0 Å². The molecule has 1 amide bonds.